The normalized spacial score (nSPS) is 16.8. The lowest BCUT2D eigenvalue weighted by molar-refractivity contribution is -0.132. The molecule has 1 saturated heterocycles. The molecule has 0 spiro atoms. The number of benzene rings is 4. The first kappa shape index (κ1) is 23.8. The lowest BCUT2D eigenvalue weighted by atomic mass is 9.93. The summed E-state index contributed by atoms with van der Waals surface area (Å²) in [6.07, 6.45) is -0.0733. The Kier molecular flexibility index (Phi) is 6.21. The number of ketones is 1. The summed E-state index contributed by atoms with van der Waals surface area (Å²) in [5.41, 5.74) is 1.95. The van der Waals surface area contributed by atoms with Crippen molar-refractivity contribution in [3.8, 4) is 11.8 Å². The van der Waals surface area contributed by atoms with E-state index in [0.717, 1.165) is 10.8 Å². The predicted octanol–water partition coefficient (Wildman–Crippen LogP) is 6.12. The maximum absolute atomic E-state index is 13.5. The molecular formula is C31H24N2O4. The van der Waals surface area contributed by atoms with Gasteiger partial charge < -0.3 is 9.84 Å². The molecule has 0 aliphatic carbocycles. The lowest BCUT2D eigenvalue weighted by Gasteiger charge is -2.26. The third-order valence-electron chi connectivity index (χ3n) is 6.31. The average molecular weight is 489 g/mol. The summed E-state index contributed by atoms with van der Waals surface area (Å²) >= 11 is 0. The molecule has 1 N–H and O–H groups in total. The van der Waals surface area contributed by atoms with Gasteiger partial charge >= 0.3 is 0 Å². The third-order valence-corrected chi connectivity index (χ3v) is 6.31. The number of rotatable bonds is 5. The van der Waals surface area contributed by atoms with Crippen molar-refractivity contribution in [3.63, 3.8) is 0 Å². The molecule has 0 radical (unpaired) electrons. The molecule has 5 rings (SSSR count). The van der Waals surface area contributed by atoms with E-state index in [9.17, 15) is 20.0 Å². The number of carbonyl (C=O) groups excluding carboxylic acids is 2. The van der Waals surface area contributed by atoms with Crippen LogP contribution in [-0.4, -0.2) is 22.9 Å². The number of aliphatic hydroxyl groups excluding tert-OH is 1. The van der Waals surface area contributed by atoms with Crippen molar-refractivity contribution in [3.05, 3.63) is 113 Å². The standard InChI is InChI=1S/C31H24N2O4/c1-19(2)37-24-10-5-9-22(17-24)28-27(29(34)26-12-6-8-21-7-3-4-11-25(21)26)30(35)31(36)33(28)23-15-13-20(18-32)14-16-23/h3-17,19,28,34H,1-2H3/b29-27-. The molecule has 1 aliphatic rings. The number of hydrogen-bond donors (Lipinski definition) is 1. The molecule has 1 aliphatic heterocycles. The summed E-state index contributed by atoms with van der Waals surface area (Å²) in [4.78, 5) is 28.3. The molecule has 4 aromatic rings. The van der Waals surface area contributed by atoms with Crippen molar-refractivity contribution < 1.29 is 19.4 Å². The van der Waals surface area contributed by atoms with Crippen LogP contribution in [0, 0.1) is 11.3 Å². The van der Waals surface area contributed by atoms with Crippen LogP contribution in [0.5, 0.6) is 5.75 Å². The Hall–Kier alpha value is -4.89. The van der Waals surface area contributed by atoms with Crippen LogP contribution >= 0.6 is 0 Å². The third kappa shape index (κ3) is 4.32. The monoisotopic (exact) mass is 488 g/mol. The number of nitrogens with zero attached hydrogens (tertiary/aromatic N) is 2. The quantitative estimate of drug-likeness (QED) is 0.207. The van der Waals surface area contributed by atoms with Crippen molar-refractivity contribution in [2.45, 2.75) is 26.0 Å². The number of ether oxygens (including phenoxy) is 1. The van der Waals surface area contributed by atoms with Gasteiger partial charge in [-0.3, -0.25) is 14.5 Å². The predicted molar refractivity (Wildman–Crippen MR) is 142 cm³/mol. The van der Waals surface area contributed by atoms with Crippen LogP contribution in [0.3, 0.4) is 0 Å². The van der Waals surface area contributed by atoms with Gasteiger partial charge in [0, 0.05) is 11.3 Å². The van der Waals surface area contributed by atoms with Crippen molar-refractivity contribution in [2.75, 3.05) is 4.90 Å². The number of hydrogen-bond acceptors (Lipinski definition) is 5. The molecule has 6 nitrogen and oxygen atoms in total. The van der Waals surface area contributed by atoms with E-state index in [1.54, 1.807) is 54.6 Å². The molecule has 1 atom stereocenters. The maximum Gasteiger partial charge on any atom is 0.300 e. The number of nitriles is 1. The first-order chi connectivity index (χ1) is 17.9. The molecule has 1 amide bonds. The number of aliphatic hydroxyl groups is 1. The number of fused-ring (bicyclic) bond motifs is 1. The Morgan fingerprint density at radius 2 is 1.65 bits per heavy atom. The van der Waals surface area contributed by atoms with Crippen LogP contribution in [0.15, 0.2) is 96.6 Å². The molecule has 37 heavy (non-hydrogen) atoms. The van der Waals surface area contributed by atoms with Crippen LogP contribution in [-0.2, 0) is 9.59 Å². The highest BCUT2D eigenvalue weighted by Gasteiger charge is 2.47. The van der Waals surface area contributed by atoms with Gasteiger partial charge in [-0.2, -0.15) is 5.26 Å². The Balaban J connectivity index is 1.75. The Bertz CT molecular complexity index is 1590. The summed E-state index contributed by atoms with van der Waals surface area (Å²) in [6.45, 7) is 3.83. The van der Waals surface area contributed by atoms with E-state index in [0.29, 0.717) is 28.1 Å². The molecule has 1 unspecified atom stereocenters. The Morgan fingerprint density at radius 1 is 0.946 bits per heavy atom. The fourth-order valence-electron chi connectivity index (χ4n) is 4.72. The van der Waals surface area contributed by atoms with Gasteiger partial charge in [0.2, 0.25) is 0 Å². The zero-order valence-corrected chi connectivity index (χ0v) is 20.4. The fourth-order valence-corrected chi connectivity index (χ4v) is 4.72. The van der Waals surface area contributed by atoms with Crippen LogP contribution in [0.1, 0.15) is 36.6 Å². The number of carbonyl (C=O) groups is 2. The molecular weight excluding hydrogens is 464 g/mol. The molecule has 1 fully saturated rings. The first-order valence-electron chi connectivity index (χ1n) is 11.9. The van der Waals surface area contributed by atoms with E-state index in [-0.39, 0.29) is 17.4 Å². The summed E-state index contributed by atoms with van der Waals surface area (Å²) in [5, 5.41) is 22.5. The lowest BCUT2D eigenvalue weighted by Crippen LogP contribution is -2.29. The number of amides is 1. The van der Waals surface area contributed by atoms with E-state index >= 15 is 0 Å². The largest absolute Gasteiger partial charge is 0.507 e. The van der Waals surface area contributed by atoms with Crippen molar-refractivity contribution in [1.82, 2.24) is 0 Å². The smallest absolute Gasteiger partial charge is 0.300 e. The molecule has 182 valence electrons. The summed E-state index contributed by atoms with van der Waals surface area (Å²) in [5.74, 6) is -1.20. The highest BCUT2D eigenvalue weighted by molar-refractivity contribution is 6.51. The second-order valence-electron chi connectivity index (χ2n) is 9.09. The summed E-state index contributed by atoms with van der Waals surface area (Å²) in [6, 6.07) is 27.8. The van der Waals surface area contributed by atoms with E-state index < -0.39 is 17.7 Å². The Labute approximate surface area is 214 Å². The van der Waals surface area contributed by atoms with Gasteiger partial charge in [-0.1, -0.05) is 54.6 Å². The molecule has 0 aromatic heterocycles. The highest BCUT2D eigenvalue weighted by atomic mass is 16.5. The van der Waals surface area contributed by atoms with E-state index in [4.69, 9.17) is 4.74 Å². The first-order valence-corrected chi connectivity index (χ1v) is 11.9. The van der Waals surface area contributed by atoms with Crippen molar-refractivity contribution >= 4 is 33.9 Å². The summed E-state index contributed by atoms with van der Waals surface area (Å²) in [7, 11) is 0. The van der Waals surface area contributed by atoms with Gasteiger partial charge in [-0.15, -0.1) is 0 Å². The van der Waals surface area contributed by atoms with Gasteiger partial charge in [0.15, 0.2) is 0 Å². The molecule has 0 bridgehead atoms. The van der Waals surface area contributed by atoms with Gasteiger partial charge in [0.1, 0.15) is 11.5 Å². The second kappa shape index (κ2) is 9.63. The molecule has 1 heterocycles. The van der Waals surface area contributed by atoms with Gasteiger partial charge in [0.25, 0.3) is 11.7 Å². The average Bonchev–Trinajstić information content (AvgIpc) is 3.18. The SMILES string of the molecule is CC(C)Oc1cccc(C2/C(=C(/O)c3cccc4ccccc34)C(=O)C(=O)N2c2ccc(C#N)cc2)c1. The number of anilines is 1. The van der Waals surface area contributed by atoms with Gasteiger partial charge in [-0.25, -0.2) is 0 Å². The fraction of sp³-hybridized carbons (Fsp3) is 0.129. The zero-order valence-electron chi connectivity index (χ0n) is 20.4. The molecule has 6 heteroatoms. The van der Waals surface area contributed by atoms with Crippen LogP contribution < -0.4 is 9.64 Å². The number of Topliss-reactive ketones (excluding diaryl/α,β-unsaturated/α-hetero) is 1. The van der Waals surface area contributed by atoms with Crippen LogP contribution in [0.25, 0.3) is 16.5 Å². The minimum atomic E-state index is -0.900. The highest BCUT2D eigenvalue weighted by Crippen LogP contribution is 2.43. The summed E-state index contributed by atoms with van der Waals surface area (Å²) < 4.78 is 5.87. The molecule has 0 saturated carbocycles. The van der Waals surface area contributed by atoms with E-state index in [1.807, 2.05) is 50.2 Å². The van der Waals surface area contributed by atoms with E-state index in [1.165, 1.54) is 4.90 Å². The minimum Gasteiger partial charge on any atom is -0.507 e. The maximum atomic E-state index is 13.5. The van der Waals surface area contributed by atoms with Crippen LogP contribution in [0.4, 0.5) is 5.69 Å². The van der Waals surface area contributed by atoms with Crippen molar-refractivity contribution in [2.24, 2.45) is 0 Å². The van der Waals surface area contributed by atoms with E-state index in [2.05, 4.69) is 6.07 Å². The Morgan fingerprint density at radius 3 is 2.38 bits per heavy atom. The zero-order chi connectivity index (χ0) is 26.1. The second-order valence-corrected chi connectivity index (χ2v) is 9.09. The van der Waals surface area contributed by atoms with Gasteiger partial charge in [-0.05, 0) is 66.6 Å². The molecule has 4 aromatic carbocycles. The van der Waals surface area contributed by atoms with Gasteiger partial charge in [0.05, 0.1) is 29.4 Å². The minimum absolute atomic E-state index is 0.00703. The van der Waals surface area contributed by atoms with Crippen molar-refractivity contribution in [1.29, 1.82) is 5.26 Å². The van der Waals surface area contributed by atoms with Crippen LogP contribution in [0.2, 0.25) is 0 Å². The topological polar surface area (TPSA) is 90.6 Å².